The highest BCUT2D eigenvalue weighted by Gasteiger charge is 2.13. The maximum absolute atomic E-state index is 5.39. The summed E-state index contributed by atoms with van der Waals surface area (Å²) in [4.78, 5) is 20.3. The van der Waals surface area contributed by atoms with Gasteiger partial charge in [-0.1, -0.05) is 12.1 Å². The van der Waals surface area contributed by atoms with Crippen molar-refractivity contribution in [2.75, 3.05) is 50.0 Å². The number of rotatable bonds is 6. The van der Waals surface area contributed by atoms with Crippen LogP contribution in [0.1, 0.15) is 11.1 Å². The fraction of sp³-hybridized carbons (Fsp3) is 0.400. The van der Waals surface area contributed by atoms with E-state index in [1.807, 2.05) is 0 Å². The highest BCUT2D eigenvalue weighted by atomic mass is 16.5. The fourth-order valence-electron chi connectivity index (χ4n) is 3.18. The molecule has 3 aromatic rings. The summed E-state index contributed by atoms with van der Waals surface area (Å²) in [6.07, 6.45) is 3.31. The van der Waals surface area contributed by atoms with E-state index in [1.54, 1.807) is 12.4 Å². The molecule has 8 heteroatoms. The van der Waals surface area contributed by atoms with Gasteiger partial charge in [0.05, 0.1) is 13.2 Å². The molecule has 146 valence electrons. The Balaban J connectivity index is 1.55. The Bertz CT molecular complexity index is 956. The summed E-state index contributed by atoms with van der Waals surface area (Å²) in [7, 11) is 0. The Morgan fingerprint density at radius 1 is 1.07 bits per heavy atom. The van der Waals surface area contributed by atoms with Crippen LogP contribution >= 0.6 is 0 Å². The van der Waals surface area contributed by atoms with Gasteiger partial charge < -0.3 is 15.4 Å². The van der Waals surface area contributed by atoms with Gasteiger partial charge in [0.2, 0.25) is 5.95 Å². The van der Waals surface area contributed by atoms with Crippen LogP contribution < -0.4 is 10.6 Å². The van der Waals surface area contributed by atoms with E-state index >= 15 is 0 Å². The van der Waals surface area contributed by atoms with Gasteiger partial charge in [-0.15, -0.1) is 0 Å². The Labute approximate surface area is 164 Å². The van der Waals surface area contributed by atoms with Crippen LogP contribution in [-0.4, -0.2) is 64.2 Å². The molecule has 28 heavy (non-hydrogen) atoms. The monoisotopic (exact) mass is 379 g/mol. The summed E-state index contributed by atoms with van der Waals surface area (Å²) < 4.78 is 5.39. The first-order chi connectivity index (χ1) is 13.7. The molecule has 0 amide bonds. The Morgan fingerprint density at radius 2 is 1.89 bits per heavy atom. The number of anilines is 3. The predicted molar refractivity (Wildman–Crippen MR) is 110 cm³/mol. The zero-order valence-corrected chi connectivity index (χ0v) is 16.3. The molecule has 4 rings (SSSR count). The number of aryl methyl sites for hydroxylation is 2. The van der Waals surface area contributed by atoms with Crippen molar-refractivity contribution in [1.82, 2.24) is 24.8 Å². The third kappa shape index (κ3) is 4.35. The van der Waals surface area contributed by atoms with Crippen LogP contribution in [0.2, 0.25) is 0 Å². The first-order valence-corrected chi connectivity index (χ1v) is 9.56. The van der Waals surface area contributed by atoms with E-state index in [4.69, 9.17) is 4.74 Å². The van der Waals surface area contributed by atoms with Crippen LogP contribution in [0.25, 0.3) is 11.2 Å². The van der Waals surface area contributed by atoms with Crippen molar-refractivity contribution in [3.8, 4) is 0 Å². The fourth-order valence-corrected chi connectivity index (χ4v) is 3.18. The van der Waals surface area contributed by atoms with Gasteiger partial charge in [-0.25, -0.2) is 9.97 Å². The van der Waals surface area contributed by atoms with E-state index in [-0.39, 0.29) is 0 Å². The molecule has 2 aromatic heterocycles. The van der Waals surface area contributed by atoms with Crippen molar-refractivity contribution < 1.29 is 4.74 Å². The van der Waals surface area contributed by atoms with Crippen LogP contribution in [0, 0.1) is 13.8 Å². The van der Waals surface area contributed by atoms with Gasteiger partial charge >= 0.3 is 0 Å². The highest BCUT2D eigenvalue weighted by Crippen LogP contribution is 2.25. The molecule has 3 heterocycles. The van der Waals surface area contributed by atoms with Gasteiger partial charge in [-0.3, -0.25) is 4.90 Å². The molecule has 1 saturated heterocycles. The van der Waals surface area contributed by atoms with Crippen LogP contribution in [0.3, 0.4) is 0 Å². The minimum absolute atomic E-state index is 0.550. The Hall–Kier alpha value is -2.84. The molecular formula is C20H25N7O. The lowest BCUT2D eigenvalue weighted by Gasteiger charge is -2.26. The van der Waals surface area contributed by atoms with Crippen LogP contribution in [-0.2, 0) is 4.74 Å². The third-order valence-electron chi connectivity index (χ3n) is 4.79. The molecule has 2 N–H and O–H groups in total. The zero-order valence-electron chi connectivity index (χ0n) is 16.3. The topological polar surface area (TPSA) is 88.1 Å². The first kappa shape index (κ1) is 18.5. The second-order valence-corrected chi connectivity index (χ2v) is 6.95. The number of morpholine rings is 1. The van der Waals surface area contributed by atoms with Gasteiger partial charge in [-0.2, -0.15) is 9.97 Å². The Kier molecular flexibility index (Phi) is 5.59. The van der Waals surface area contributed by atoms with Gasteiger partial charge in [0.15, 0.2) is 17.0 Å². The molecular weight excluding hydrogens is 354 g/mol. The van der Waals surface area contributed by atoms with Crippen LogP contribution in [0.4, 0.5) is 17.5 Å². The normalized spacial score (nSPS) is 14.9. The van der Waals surface area contributed by atoms with Crippen molar-refractivity contribution in [2.24, 2.45) is 0 Å². The summed E-state index contributed by atoms with van der Waals surface area (Å²) >= 11 is 0. The average molecular weight is 379 g/mol. The van der Waals surface area contributed by atoms with Crippen LogP contribution in [0.15, 0.2) is 30.6 Å². The third-order valence-corrected chi connectivity index (χ3v) is 4.79. The standard InChI is InChI=1S/C20H25N7O/c1-14-3-4-15(2)16(13-14)24-19-17-18(22-6-5-21-17)25-20(26-19)23-7-8-27-9-11-28-12-10-27/h3-6,13H,7-12H2,1-2H3,(H2,22,23,24,25,26). The average Bonchev–Trinajstić information content (AvgIpc) is 2.71. The minimum atomic E-state index is 0.550. The van der Waals surface area contributed by atoms with Crippen molar-refractivity contribution in [1.29, 1.82) is 0 Å². The number of hydrogen-bond acceptors (Lipinski definition) is 8. The predicted octanol–water partition coefficient (Wildman–Crippen LogP) is 2.52. The van der Waals surface area contributed by atoms with Gasteiger partial charge in [-0.05, 0) is 31.0 Å². The number of nitrogens with zero attached hydrogens (tertiary/aromatic N) is 5. The summed E-state index contributed by atoms with van der Waals surface area (Å²) in [6, 6.07) is 6.29. The van der Waals surface area contributed by atoms with E-state index < -0.39 is 0 Å². The zero-order chi connectivity index (χ0) is 19.3. The molecule has 0 radical (unpaired) electrons. The van der Waals surface area contributed by atoms with E-state index in [0.29, 0.717) is 22.9 Å². The quantitative estimate of drug-likeness (QED) is 0.675. The van der Waals surface area contributed by atoms with E-state index in [0.717, 1.165) is 50.6 Å². The van der Waals surface area contributed by atoms with E-state index in [1.165, 1.54) is 5.56 Å². The second-order valence-electron chi connectivity index (χ2n) is 6.95. The van der Waals surface area contributed by atoms with E-state index in [2.05, 4.69) is 67.5 Å². The Morgan fingerprint density at radius 3 is 2.75 bits per heavy atom. The second kappa shape index (κ2) is 8.45. The van der Waals surface area contributed by atoms with Crippen LogP contribution in [0.5, 0.6) is 0 Å². The first-order valence-electron chi connectivity index (χ1n) is 9.56. The minimum Gasteiger partial charge on any atom is -0.379 e. The number of benzene rings is 1. The molecule has 1 aromatic carbocycles. The summed E-state index contributed by atoms with van der Waals surface area (Å²) in [5.41, 5.74) is 4.55. The van der Waals surface area contributed by atoms with Gasteiger partial charge in [0.1, 0.15) is 0 Å². The van der Waals surface area contributed by atoms with Crippen molar-refractivity contribution in [2.45, 2.75) is 13.8 Å². The number of fused-ring (bicyclic) bond motifs is 1. The van der Waals surface area contributed by atoms with Crippen molar-refractivity contribution in [3.63, 3.8) is 0 Å². The largest absolute Gasteiger partial charge is 0.379 e. The summed E-state index contributed by atoms with van der Waals surface area (Å²) in [6.45, 7) is 9.34. The molecule has 1 aliphatic heterocycles. The number of ether oxygens (including phenoxy) is 1. The molecule has 0 saturated carbocycles. The molecule has 0 bridgehead atoms. The SMILES string of the molecule is Cc1ccc(C)c(Nc2nc(NCCN3CCOCC3)nc3nccnc23)c1. The van der Waals surface area contributed by atoms with Gasteiger partial charge in [0.25, 0.3) is 0 Å². The highest BCUT2D eigenvalue weighted by molar-refractivity contribution is 5.86. The summed E-state index contributed by atoms with van der Waals surface area (Å²) in [5.74, 6) is 1.20. The molecule has 0 spiro atoms. The number of nitrogens with one attached hydrogen (secondary N) is 2. The maximum Gasteiger partial charge on any atom is 0.226 e. The maximum atomic E-state index is 5.39. The molecule has 0 unspecified atom stereocenters. The number of hydrogen-bond donors (Lipinski definition) is 2. The molecule has 0 atom stereocenters. The van der Waals surface area contributed by atoms with Crippen molar-refractivity contribution >= 4 is 28.6 Å². The van der Waals surface area contributed by atoms with Gasteiger partial charge in [0, 0.05) is 44.3 Å². The van der Waals surface area contributed by atoms with Crippen molar-refractivity contribution in [3.05, 3.63) is 41.7 Å². The molecule has 8 nitrogen and oxygen atoms in total. The molecule has 1 aliphatic rings. The lowest BCUT2D eigenvalue weighted by atomic mass is 10.1. The molecule has 0 aliphatic carbocycles. The summed E-state index contributed by atoms with van der Waals surface area (Å²) in [5, 5.41) is 6.74. The van der Waals surface area contributed by atoms with E-state index in [9.17, 15) is 0 Å². The smallest absolute Gasteiger partial charge is 0.226 e. The lowest BCUT2D eigenvalue weighted by molar-refractivity contribution is 0.0398. The molecule has 1 fully saturated rings. The number of aromatic nitrogens is 4. The lowest BCUT2D eigenvalue weighted by Crippen LogP contribution is -2.39.